The Morgan fingerprint density at radius 1 is 1.15 bits per heavy atom. The number of rotatable bonds is 7. The van der Waals surface area contributed by atoms with E-state index < -0.39 is 12.6 Å². The minimum Gasteiger partial charge on any atom is -0.356 e. The number of guanidine groups is 1. The maximum Gasteiger partial charge on any atom is 0.390 e. The largest absolute Gasteiger partial charge is 0.390 e. The average Bonchev–Trinajstić information content (AvgIpc) is 3.09. The molecular weight excluding hydrogens is 347 g/mol. The van der Waals surface area contributed by atoms with Crippen molar-refractivity contribution in [1.29, 1.82) is 0 Å². The number of nitrogens with zero attached hydrogens (tertiary/aromatic N) is 3. The summed E-state index contributed by atoms with van der Waals surface area (Å²) in [7, 11) is 1.52. The summed E-state index contributed by atoms with van der Waals surface area (Å²) in [6.45, 7) is 2.30. The van der Waals surface area contributed by atoms with Gasteiger partial charge in [0.2, 0.25) is 0 Å². The van der Waals surface area contributed by atoms with Crippen molar-refractivity contribution in [3.8, 4) is 11.5 Å². The Labute approximate surface area is 149 Å². The third-order valence-electron chi connectivity index (χ3n) is 3.62. The number of benzene rings is 1. The first-order valence-electron chi connectivity index (χ1n) is 8.34. The van der Waals surface area contributed by atoms with Gasteiger partial charge in [-0.05, 0) is 24.1 Å². The number of aryl methyl sites for hydroxylation is 1. The molecule has 1 heterocycles. The number of halogens is 3. The average molecular weight is 369 g/mol. The van der Waals surface area contributed by atoms with Gasteiger partial charge in [0.15, 0.2) is 11.8 Å². The van der Waals surface area contributed by atoms with E-state index in [2.05, 4.69) is 25.8 Å². The third-order valence-corrected chi connectivity index (χ3v) is 3.62. The number of alkyl halides is 3. The molecule has 0 bridgehead atoms. The zero-order valence-electron chi connectivity index (χ0n) is 14.7. The summed E-state index contributed by atoms with van der Waals surface area (Å²) in [6, 6.07) is 7.71. The highest BCUT2D eigenvalue weighted by atomic mass is 19.4. The lowest BCUT2D eigenvalue weighted by molar-refractivity contribution is -0.132. The van der Waals surface area contributed by atoms with Crippen LogP contribution < -0.4 is 10.6 Å². The summed E-state index contributed by atoms with van der Waals surface area (Å²) in [5.41, 5.74) is 1.92. The van der Waals surface area contributed by atoms with Crippen LogP contribution in [0.3, 0.4) is 0 Å². The van der Waals surface area contributed by atoms with Gasteiger partial charge in [0.1, 0.15) is 0 Å². The van der Waals surface area contributed by atoms with E-state index in [-0.39, 0.29) is 6.54 Å². The molecule has 0 aliphatic carbocycles. The lowest BCUT2D eigenvalue weighted by atomic mass is 10.1. The van der Waals surface area contributed by atoms with Crippen LogP contribution >= 0.6 is 0 Å². The third kappa shape index (κ3) is 6.38. The highest BCUT2D eigenvalue weighted by molar-refractivity contribution is 5.79. The van der Waals surface area contributed by atoms with E-state index in [4.69, 9.17) is 4.52 Å². The van der Waals surface area contributed by atoms with Gasteiger partial charge < -0.3 is 15.2 Å². The normalized spacial score (nSPS) is 12.3. The monoisotopic (exact) mass is 369 g/mol. The van der Waals surface area contributed by atoms with Gasteiger partial charge in [-0.25, -0.2) is 0 Å². The maximum atomic E-state index is 12.1. The van der Waals surface area contributed by atoms with Crippen molar-refractivity contribution in [2.45, 2.75) is 32.4 Å². The molecule has 2 N–H and O–H groups in total. The summed E-state index contributed by atoms with van der Waals surface area (Å²) in [5.74, 6) is 1.50. The van der Waals surface area contributed by atoms with E-state index in [1.165, 1.54) is 7.05 Å². The molecule has 2 rings (SSSR count). The zero-order valence-corrected chi connectivity index (χ0v) is 14.7. The molecule has 0 atom stereocenters. The highest BCUT2D eigenvalue weighted by Crippen LogP contribution is 2.18. The Hall–Kier alpha value is -2.58. The van der Waals surface area contributed by atoms with Gasteiger partial charge in [0.25, 0.3) is 5.89 Å². The Balaban J connectivity index is 1.78. The standard InChI is InChI=1S/C17H22F3N5O/c1-3-14-24-15(26-25-14)13-6-4-12(5-7-13)8-10-22-16(21-2)23-11-9-17(18,19)20/h4-7H,3,8-11H2,1-2H3,(H2,21,22,23). The SMILES string of the molecule is CCc1noc(-c2ccc(CCNC(=NC)NCCC(F)(F)F)cc2)n1. The van der Waals surface area contributed by atoms with Gasteiger partial charge in [0, 0.05) is 32.1 Å². The summed E-state index contributed by atoms with van der Waals surface area (Å²) in [5, 5.41) is 9.50. The molecule has 0 saturated carbocycles. The quantitative estimate of drug-likeness (QED) is 0.580. The number of aromatic nitrogens is 2. The van der Waals surface area contributed by atoms with E-state index in [9.17, 15) is 13.2 Å². The van der Waals surface area contributed by atoms with Crippen LogP contribution in [0.15, 0.2) is 33.8 Å². The lowest BCUT2D eigenvalue weighted by Gasteiger charge is -2.13. The van der Waals surface area contributed by atoms with Crippen molar-refractivity contribution < 1.29 is 17.7 Å². The molecular formula is C17H22F3N5O. The smallest absolute Gasteiger partial charge is 0.356 e. The first-order chi connectivity index (χ1) is 12.4. The Kier molecular flexibility index (Phi) is 6.99. The van der Waals surface area contributed by atoms with Gasteiger partial charge in [0.05, 0.1) is 6.42 Å². The fourth-order valence-corrected chi connectivity index (χ4v) is 2.20. The van der Waals surface area contributed by atoms with E-state index in [1.807, 2.05) is 31.2 Å². The molecule has 1 aromatic carbocycles. The lowest BCUT2D eigenvalue weighted by Crippen LogP contribution is -2.39. The molecule has 0 radical (unpaired) electrons. The second-order valence-electron chi connectivity index (χ2n) is 5.61. The molecule has 0 fully saturated rings. The van der Waals surface area contributed by atoms with Gasteiger partial charge >= 0.3 is 6.18 Å². The molecule has 0 aliphatic heterocycles. The molecule has 1 aromatic heterocycles. The summed E-state index contributed by atoms with van der Waals surface area (Å²) in [6.07, 6.45) is -3.66. The fraction of sp³-hybridized carbons (Fsp3) is 0.471. The fourth-order valence-electron chi connectivity index (χ4n) is 2.20. The maximum absolute atomic E-state index is 12.1. The second kappa shape index (κ2) is 9.21. The second-order valence-corrected chi connectivity index (χ2v) is 5.61. The van der Waals surface area contributed by atoms with E-state index in [1.54, 1.807) is 0 Å². The van der Waals surface area contributed by atoms with Crippen molar-refractivity contribution in [3.05, 3.63) is 35.7 Å². The minimum atomic E-state index is -4.18. The predicted octanol–water partition coefficient (Wildman–Crippen LogP) is 2.96. The zero-order chi connectivity index (χ0) is 19.0. The van der Waals surface area contributed by atoms with Gasteiger partial charge in [-0.1, -0.05) is 24.2 Å². The molecule has 9 heteroatoms. The van der Waals surface area contributed by atoms with Crippen LogP contribution in [0.1, 0.15) is 24.7 Å². The van der Waals surface area contributed by atoms with Crippen molar-refractivity contribution in [2.75, 3.05) is 20.1 Å². The number of hydrogen-bond acceptors (Lipinski definition) is 4. The topological polar surface area (TPSA) is 75.3 Å². The Bertz CT molecular complexity index is 710. The highest BCUT2D eigenvalue weighted by Gasteiger charge is 2.26. The van der Waals surface area contributed by atoms with Gasteiger partial charge in [-0.15, -0.1) is 0 Å². The molecule has 0 aliphatic rings. The van der Waals surface area contributed by atoms with Crippen molar-refractivity contribution >= 4 is 5.96 Å². The van der Waals surface area contributed by atoms with Crippen LogP contribution in [-0.2, 0) is 12.8 Å². The first-order valence-corrected chi connectivity index (χ1v) is 8.34. The molecule has 0 unspecified atom stereocenters. The molecule has 142 valence electrons. The molecule has 0 spiro atoms. The summed E-state index contributed by atoms with van der Waals surface area (Å²) < 4.78 is 41.6. The van der Waals surface area contributed by atoms with E-state index >= 15 is 0 Å². The van der Waals surface area contributed by atoms with Crippen LogP contribution in [0.2, 0.25) is 0 Å². The molecule has 2 aromatic rings. The summed E-state index contributed by atoms with van der Waals surface area (Å²) in [4.78, 5) is 8.18. The van der Waals surface area contributed by atoms with Crippen LogP contribution in [0.5, 0.6) is 0 Å². The van der Waals surface area contributed by atoms with Crippen LogP contribution in [0.4, 0.5) is 13.2 Å². The van der Waals surface area contributed by atoms with Crippen LogP contribution in [0.25, 0.3) is 11.5 Å². The van der Waals surface area contributed by atoms with Crippen molar-refractivity contribution in [2.24, 2.45) is 4.99 Å². The molecule has 26 heavy (non-hydrogen) atoms. The predicted molar refractivity (Wildman–Crippen MR) is 92.9 cm³/mol. The number of nitrogens with one attached hydrogen (secondary N) is 2. The van der Waals surface area contributed by atoms with Crippen molar-refractivity contribution in [1.82, 2.24) is 20.8 Å². The molecule has 6 nitrogen and oxygen atoms in total. The number of hydrogen-bond donors (Lipinski definition) is 2. The van der Waals surface area contributed by atoms with Gasteiger partial charge in [-0.2, -0.15) is 18.2 Å². The first kappa shape index (κ1) is 19.7. The summed E-state index contributed by atoms with van der Waals surface area (Å²) >= 11 is 0. The molecule has 0 saturated heterocycles. The van der Waals surface area contributed by atoms with Crippen molar-refractivity contribution in [3.63, 3.8) is 0 Å². The minimum absolute atomic E-state index is 0.207. The van der Waals surface area contributed by atoms with E-state index in [0.717, 1.165) is 11.1 Å². The van der Waals surface area contributed by atoms with Crippen LogP contribution in [0, 0.1) is 0 Å². The van der Waals surface area contributed by atoms with Crippen LogP contribution in [-0.4, -0.2) is 42.4 Å². The molecule has 0 amide bonds. The van der Waals surface area contributed by atoms with E-state index in [0.29, 0.717) is 37.1 Å². The number of aliphatic imine (C=N–C) groups is 1. The Morgan fingerprint density at radius 2 is 1.85 bits per heavy atom. The Morgan fingerprint density at radius 3 is 2.42 bits per heavy atom. The van der Waals surface area contributed by atoms with Gasteiger partial charge in [-0.3, -0.25) is 4.99 Å².